The largest absolute Gasteiger partial charge is 0.434 e. The first-order chi connectivity index (χ1) is 9.97. The average Bonchev–Trinajstić information content (AvgIpc) is 2.42. The molecule has 0 saturated heterocycles. The van der Waals surface area contributed by atoms with Crippen molar-refractivity contribution in [3.63, 3.8) is 0 Å². The summed E-state index contributed by atoms with van der Waals surface area (Å²) in [5, 5.41) is 0. The van der Waals surface area contributed by atoms with Crippen molar-refractivity contribution >= 4 is 15.9 Å². The monoisotopic (exact) mass is 359 g/mol. The molecule has 2 rings (SSSR count). The van der Waals surface area contributed by atoms with E-state index >= 15 is 0 Å². The molecule has 0 saturated carbocycles. The second kappa shape index (κ2) is 6.95. The molecule has 0 heterocycles. The fraction of sp³-hybridized carbons (Fsp3) is 0.200. The van der Waals surface area contributed by atoms with Crippen LogP contribution in [0.5, 0.6) is 5.75 Å². The highest BCUT2D eigenvalue weighted by Gasteiger charge is 2.17. The zero-order chi connectivity index (χ0) is 15.4. The van der Waals surface area contributed by atoms with Crippen molar-refractivity contribution in [3.8, 4) is 5.75 Å². The van der Waals surface area contributed by atoms with Gasteiger partial charge in [0.2, 0.25) is 0 Å². The Morgan fingerprint density at radius 1 is 1.14 bits per heavy atom. The molecule has 0 aliphatic carbocycles. The number of hydrogen-bond donors (Lipinski definition) is 1. The Morgan fingerprint density at radius 3 is 2.57 bits per heavy atom. The number of para-hydroxylation sites is 1. The molecule has 1 unspecified atom stereocenters. The lowest BCUT2D eigenvalue weighted by atomic mass is 9.98. The molecule has 0 bridgehead atoms. The zero-order valence-electron chi connectivity index (χ0n) is 10.9. The molecular weight excluding hydrogens is 347 g/mol. The number of halogens is 4. The van der Waals surface area contributed by atoms with E-state index in [1.807, 2.05) is 0 Å². The Labute approximate surface area is 128 Å². The molecule has 0 aliphatic rings. The van der Waals surface area contributed by atoms with Crippen molar-refractivity contribution < 1.29 is 17.9 Å². The first-order valence-corrected chi connectivity index (χ1v) is 7.00. The highest BCUT2D eigenvalue weighted by atomic mass is 79.9. The summed E-state index contributed by atoms with van der Waals surface area (Å²) < 4.78 is 43.7. The number of hydrogen-bond acceptors (Lipinski definition) is 2. The Morgan fingerprint density at radius 2 is 1.86 bits per heavy atom. The molecular formula is C15H13BrF3NO. The molecule has 2 aromatic carbocycles. The van der Waals surface area contributed by atoms with Crippen LogP contribution < -0.4 is 10.5 Å². The third-order valence-corrected chi connectivity index (χ3v) is 3.48. The van der Waals surface area contributed by atoms with E-state index in [0.717, 1.165) is 4.47 Å². The van der Waals surface area contributed by atoms with Crippen LogP contribution in [0.3, 0.4) is 0 Å². The molecule has 2 nitrogen and oxygen atoms in total. The summed E-state index contributed by atoms with van der Waals surface area (Å²) in [7, 11) is 0. The lowest BCUT2D eigenvalue weighted by Crippen LogP contribution is -2.16. The third-order valence-electron chi connectivity index (χ3n) is 2.98. The first kappa shape index (κ1) is 15.9. The lowest BCUT2D eigenvalue weighted by molar-refractivity contribution is -0.0506. The van der Waals surface area contributed by atoms with Gasteiger partial charge in [0.05, 0.1) is 0 Å². The van der Waals surface area contributed by atoms with Gasteiger partial charge in [0, 0.05) is 16.1 Å². The highest BCUT2D eigenvalue weighted by Crippen LogP contribution is 2.28. The Balaban J connectivity index is 2.24. The minimum Gasteiger partial charge on any atom is -0.434 e. The Hall–Kier alpha value is -1.53. The van der Waals surface area contributed by atoms with E-state index < -0.39 is 12.7 Å². The molecule has 6 heteroatoms. The van der Waals surface area contributed by atoms with E-state index in [1.165, 1.54) is 12.1 Å². The quantitative estimate of drug-likeness (QED) is 0.856. The van der Waals surface area contributed by atoms with Crippen LogP contribution in [0.1, 0.15) is 17.2 Å². The number of nitrogens with two attached hydrogens (primary N) is 1. The molecule has 0 spiro atoms. The fourth-order valence-electron chi connectivity index (χ4n) is 2.04. The van der Waals surface area contributed by atoms with Gasteiger partial charge >= 0.3 is 6.61 Å². The fourth-order valence-corrected chi connectivity index (χ4v) is 2.45. The minimum absolute atomic E-state index is 0.00963. The van der Waals surface area contributed by atoms with Crippen molar-refractivity contribution in [1.82, 2.24) is 0 Å². The average molecular weight is 360 g/mol. The number of benzene rings is 2. The maximum Gasteiger partial charge on any atom is 0.387 e. The van der Waals surface area contributed by atoms with Gasteiger partial charge in [-0.25, -0.2) is 4.39 Å². The van der Waals surface area contributed by atoms with Crippen LogP contribution in [-0.4, -0.2) is 6.61 Å². The first-order valence-electron chi connectivity index (χ1n) is 6.20. The molecule has 112 valence electrons. The molecule has 0 aromatic heterocycles. The molecule has 2 N–H and O–H groups in total. The summed E-state index contributed by atoms with van der Waals surface area (Å²) in [5.41, 5.74) is 6.84. The maximum absolute atomic E-state index is 13.7. The summed E-state index contributed by atoms with van der Waals surface area (Å²) >= 11 is 3.26. The van der Waals surface area contributed by atoms with Crippen LogP contribution in [0, 0.1) is 5.82 Å². The van der Waals surface area contributed by atoms with Crippen molar-refractivity contribution in [2.24, 2.45) is 5.73 Å². The van der Waals surface area contributed by atoms with Crippen molar-refractivity contribution in [1.29, 1.82) is 0 Å². The van der Waals surface area contributed by atoms with Crippen LogP contribution in [0.4, 0.5) is 13.2 Å². The van der Waals surface area contributed by atoms with Crippen LogP contribution in [0.2, 0.25) is 0 Å². The zero-order valence-corrected chi connectivity index (χ0v) is 12.5. The summed E-state index contributed by atoms with van der Waals surface area (Å²) in [6.45, 7) is -2.93. The van der Waals surface area contributed by atoms with Gasteiger partial charge in [-0.2, -0.15) is 8.78 Å². The molecule has 0 aliphatic heterocycles. The van der Waals surface area contributed by atoms with Gasteiger partial charge in [0.25, 0.3) is 0 Å². The highest BCUT2D eigenvalue weighted by molar-refractivity contribution is 9.10. The third kappa shape index (κ3) is 4.22. The summed E-state index contributed by atoms with van der Waals surface area (Å²) in [6.07, 6.45) is 0.175. The smallest absolute Gasteiger partial charge is 0.387 e. The van der Waals surface area contributed by atoms with Crippen molar-refractivity contribution in [2.75, 3.05) is 0 Å². The van der Waals surface area contributed by atoms with Gasteiger partial charge in [-0.3, -0.25) is 0 Å². The molecule has 0 fully saturated rings. The van der Waals surface area contributed by atoms with Crippen LogP contribution in [-0.2, 0) is 6.42 Å². The summed E-state index contributed by atoms with van der Waals surface area (Å²) in [5.74, 6) is -0.378. The Kier molecular flexibility index (Phi) is 5.25. The predicted octanol–water partition coefficient (Wildman–Crippen LogP) is 4.43. The summed E-state index contributed by atoms with van der Waals surface area (Å²) in [6, 6.07) is 10.1. The van der Waals surface area contributed by atoms with Gasteiger partial charge < -0.3 is 10.5 Å². The SMILES string of the molecule is NC(Cc1cc(Br)ccc1F)c1ccccc1OC(F)F. The molecule has 1 atom stereocenters. The van der Waals surface area contributed by atoms with E-state index in [-0.39, 0.29) is 18.0 Å². The normalized spacial score (nSPS) is 12.5. The molecule has 0 amide bonds. The second-order valence-corrected chi connectivity index (χ2v) is 5.38. The van der Waals surface area contributed by atoms with Crippen molar-refractivity contribution in [2.45, 2.75) is 19.1 Å². The molecule has 0 radical (unpaired) electrons. The van der Waals surface area contributed by atoms with Crippen LogP contribution in [0.25, 0.3) is 0 Å². The van der Waals surface area contributed by atoms with E-state index in [9.17, 15) is 13.2 Å². The number of alkyl halides is 2. The Bertz CT molecular complexity index is 622. The van der Waals surface area contributed by atoms with E-state index in [4.69, 9.17) is 5.73 Å². The van der Waals surface area contributed by atoms with E-state index in [0.29, 0.717) is 11.1 Å². The van der Waals surface area contributed by atoms with Crippen molar-refractivity contribution in [3.05, 3.63) is 63.9 Å². The van der Waals surface area contributed by atoms with E-state index in [2.05, 4.69) is 20.7 Å². The van der Waals surface area contributed by atoms with E-state index in [1.54, 1.807) is 30.3 Å². The van der Waals surface area contributed by atoms with Gasteiger partial charge in [0.15, 0.2) is 0 Å². The number of ether oxygens (including phenoxy) is 1. The lowest BCUT2D eigenvalue weighted by Gasteiger charge is -2.17. The van der Waals surface area contributed by atoms with Gasteiger partial charge in [-0.15, -0.1) is 0 Å². The van der Waals surface area contributed by atoms with Crippen LogP contribution in [0.15, 0.2) is 46.9 Å². The minimum atomic E-state index is -2.93. The standard InChI is InChI=1S/C15H13BrF3NO/c16-10-5-6-12(17)9(7-10)8-13(20)11-3-1-2-4-14(11)21-15(18)19/h1-7,13,15H,8,20H2. The van der Waals surface area contributed by atoms with Gasteiger partial charge in [-0.1, -0.05) is 34.1 Å². The topological polar surface area (TPSA) is 35.2 Å². The maximum atomic E-state index is 13.7. The predicted molar refractivity (Wildman–Crippen MR) is 77.8 cm³/mol. The van der Waals surface area contributed by atoms with Gasteiger partial charge in [0.1, 0.15) is 11.6 Å². The van der Waals surface area contributed by atoms with Gasteiger partial charge in [-0.05, 0) is 36.2 Å². The van der Waals surface area contributed by atoms with Crippen LogP contribution >= 0.6 is 15.9 Å². The second-order valence-electron chi connectivity index (χ2n) is 4.46. The molecule has 21 heavy (non-hydrogen) atoms. The molecule has 2 aromatic rings. The summed E-state index contributed by atoms with van der Waals surface area (Å²) in [4.78, 5) is 0. The number of rotatable bonds is 5.